The van der Waals surface area contributed by atoms with Gasteiger partial charge >= 0.3 is 0 Å². The van der Waals surface area contributed by atoms with Crippen molar-refractivity contribution in [3.05, 3.63) is 71.3 Å². The molecular weight excluding hydrogens is 466 g/mol. The lowest BCUT2D eigenvalue weighted by Gasteiger charge is -2.25. The van der Waals surface area contributed by atoms with Crippen molar-refractivity contribution >= 4 is 11.8 Å². The first-order chi connectivity index (χ1) is 17.8. The summed E-state index contributed by atoms with van der Waals surface area (Å²) in [5.41, 5.74) is 1.93. The van der Waals surface area contributed by atoms with Crippen LogP contribution in [0.4, 0.5) is 0 Å². The van der Waals surface area contributed by atoms with E-state index in [9.17, 15) is 14.7 Å². The van der Waals surface area contributed by atoms with E-state index >= 15 is 0 Å². The highest BCUT2D eigenvalue weighted by molar-refractivity contribution is 5.99. The Bertz CT molecular complexity index is 929. The van der Waals surface area contributed by atoms with Crippen molar-refractivity contribution in [3.63, 3.8) is 0 Å². The number of benzene rings is 2. The molecule has 0 bridgehead atoms. The molecule has 0 radical (unpaired) electrons. The van der Waals surface area contributed by atoms with E-state index in [4.69, 9.17) is 4.74 Å². The number of nitrogens with one attached hydrogen (secondary N) is 2. The summed E-state index contributed by atoms with van der Waals surface area (Å²) in [6.45, 7) is 11.2. The van der Waals surface area contributed by atoms with Gasteiger partial charge in [0.15, 0.2) is 0 Å². The molecule has 0 saturated heterocycles. The Kier molecular flexibility index (Phi) is 13.9. The quantitative estimate of drug-likeness (QED) is 0.279. The standard InChI is InChI=1S/C30H45N3O4/c1-5-17-33(18-6-2)30(36)26-15-10-14-25(21-26)29(35)32-27(20-24-12-8-7-9-13-24)28(34)22-31-16-11-19-37-23(3)4/h7-10,12-15,21,23,27-28,31,34H,5-6,11,16-20,22H2,1-4H3,(H,32,35)/t27-,28+/m0/s1. The molecule has 2 atom stereocenters. The van der Waals surface area contributed by atoms with Gasteiger partial charge in [0.05, 0.1) is 18.2 Å². The molecule has 204 valence electrons. The van der Waals surface area contributed by atoms with Crippen LogP contribution in [0.1, 0.15) is 73.2 Å². The maximum atomic E-state index is 13.2. The summed E-state index contributed by atoms with van der Waals surface area (Å²) in [4.78, 5) is 28.1. The fourth-order valence-electron chi connectivity index (χ4n) is 4.14. The first kappa shape index (κ1) is 30.5. The van der Waals surface area contributed by atoms with Crippen molar-refractivity contribution in [2.75, 3.05) is 32.8 Å². The minimum Gasteiger partial charge on any atom is -0.390 e. The lowest BCUT2D eigenvalue weighted by atomic mass is 10.00. The Hall–Kier alpha value is -2.74. The summed E-state index contributed by atoms with van der Waals surface area (Å²) >= 11 is 0. The summed E-state index contributed by atoms with van der Waals surface area (Å²) in [6, 6.07) is 16.1. The van der Waals surface area contributed by atoms with E-state index in [0.717, 1.165) is 24.8 Å². The minimum atomic E-state index is -0.787. The zero-order valence-electron chi connectivity index (χ0n) is 22.9. The molecule has 0 saturated carbocycles. The van der Waals surface area contributed by atoms with Gasteiger partial charge in [0.25, 0.3) is 11.8 Å². The van der Waals surface area contributed by atoms with E-state index in [1.807, 2.05) is 62.9 Å². The Morgan fingerprint density at radius 1 is 0.973 bits per heavy atom. The van der Waals surface area contributed by atoms with Crippen LogP contribution in [-0.4, -0.2) is 72.9 Å². The normalized spacial score (nSPS) is 12.8. The Labute approximate surface area is 222 Å². The predicted octanol–water partition coefficient (Wildman–Crippen LogP) is 4.06. The van der Waals surface area contributed by atoms with Crippen molar-refractivity contribution < 1.29 is 19.4 Å². The second kappa shape index (κ2) is 16.9. The molecule has 2 aromatic carbocycles. The highest BCUT2D eigenvalue weighted by Gasteiger charge is 2.23. The molecule has 2 rings (SSSR count). The van der Waals surface area contributed by atoms with Crippen LogP contribution in [0.25, 0.3) is 0 Å². The molecule has 3 N–H and O–H groups in total. The van der Waals surface area contributed by atoms with E-state index in [1.165, 1.54) is 0 Å². The molecule has 37 heavy (non-hydrogen) atoms. The molecule has 0 heterocycles. The second-order valence-corrected chi connectivity index (χ2v) is 9.69. The van der Waals surface area contributed by atoms with Gasteiger partial charge in [-0.15, -0.1) is 0 Å². The number of carbonyl (C=O) groups excluding carboxylic acids is 2. The first-order valence-corrected chi connectivity index (χ1v) is 13.6. The third-order valence-electron chi connectivity index (χ3n) is 6.03. The van der Waals surface area contributed by atoms with Crippen molar-refractivity contribution in [1.29, 1.82) is 0 Å². The molecule has 2 amide bonds. The zero-order chi connectivity index (χ0) is 27.0. The average Bonchev–Trinajstić information content (AvgIpc) is 2.90. The lowest BCUT2D eigenvalue weighted by Crippen LogP contribution is -2.49. The number of hydrogen-bond acceptors (Lipinski definition) is 5. The summed E-state index contributed by atoms with van der Waals surface area (Å²) in [5, 5.41) is 17.3. The van der Waals surface area contributed by atoms with Gasteiger partial charge in [0, 0.05) is 37.4 Å². The molecule has 7 heteroatoms. The van der Waals surface area contributed by atoms with Crippen LogP contribution >= 0.6 is 0 Å². The maximum Gasteiger partial charge on any atom is 0.253 e. The molecule has 0 aliphatic heterocycles. The zero-order valence-corrected chi connectivity index (χ0v) is 22.9. The number of carbonyl (C=O) groups is 2. The van der Waals surface area contributed by atoms with Gasteiger partial charge < -0.3 is 25.4 Å². The van der Waals surface area contributed by atoms with E-state index in [1.54, 1.807) is 24.3 Å². The number of aliphatic hydroxyl groups excluding tert-OH is 1. The van der Waals surface area contributed by atoms with Gasteiger partial charge in [-0.2, -0.15) is 0 Å². The lowest BCUT2D eigenvalue weighted by molar-refractivity contribution is 0.0745. The third kappa shape index (κ3) is 11.0. The van der Waals surface area contributed by atoms with E-state index in [2.05, 4.69) is 10.6 Å². The molecule has 0 unspecified atom stereocenters. The van der Waals surface area contributed by atoms with Crippen LogP contribution in [0, 0.1) is 0 Å². The summed E-state index contributed by atoms with van der Waals surface area (Å²) in [6.07, 6.45) is 2.50. The van der Waals surface area contributed by atoms with Crippen molar-refractivity contribution in [3.8, 4) is 0 Å². The molecule has 2 aromatic rings. The Morgan fingerprint density at radius 3 is 2.30 bits per heavy atom. The van der Waals surface area contributed by atoms with Gasteiger partial charge in [0.1, 0.15) is 0 Å². The number of nitrogens with zero attached hydrogens (tertiary/aromatic N) is 1. The topological polar surface area (TPSA) is 90.9 Å². The van der Waals surface area contributed by atoms with Crippen LogP contribution in [-0.2, 0) is 11.2 Å². The number of hydrogen-bond donors (Lipinski definition) is 3. The van der Waals surface area contributed by atoms with Crippen molar-refractivity contribution in [2.24, 2.45) is 0 Å². The highest BCUT2D eigenvalue weighted by Crippen LogP contribution is 2.12. The van der Waals surface area contributed by atoms with Crippen LogP contribution in [0.15, 0.2) is 54.6 Å². The number of rotatable bonds is 17. The van der Waals surface area contributed by atoms with Crippen LogP contribution < -0.4 is 10.6 Å². The SMILES string of the molecule is CCCN(CCC)C(=O)c1cccc(C(=O)N[C@@H](Cc2ccccc2)[C@H](O)CNCCCOC(C)C)c1. The summed E-state index contributed by atoms with van der Waals surface area (Å²) < 4.78 is 5.56. The number of ether oxygens (including phenoxy) is 1. The van der Waals surface area contributed by atoms with E-state index in [0.29, 0.717) is 50.3 Å². The molecule has 0 aliphatic carbocycles. The van der Waals surface area contributed by atoms with Gasteiger partial charge in [-0.25, -0.2) is 0 Å². The Morgan fingerprint density at radius 2 is 1.65 bits per heavy atom. The first-order valence-electron chi connectivity index (χ1n) is 13.6. The largest absolute Gasteiger partial charge is 0.390 e. The second-order valence-electron chi connectivity index (χ2n) is 9.69. The third-order valence-corrected chi connectivity index (χ3v) is 6.03. The molecule has 7 nitrogen and oxygen atoms in total. The monoisotopic (exact) mass is 511 g/mol. The average molecular weight is 512 g/mol. The number of amides is 2. The smallest absolute Gasteiger partial charge is 0.253 e. The summed E-state index contributed by atoms with van der Waals surface area (Å²) in [7, 11) is 0. The Balaban J connectivity index is 2.08. The minimum absolute atomic E-state index is 0.0649. The van der Waals surface area contributed by atoms with Gasteiger partial charge in [-0.3, -0.25) is 9.59 Å². The maximum absolute atomic E-state index is 13.2. The molecule has 0 aliphatic rings. The number of aliphatic hydroxyl groups is 1. The van der Waals surface area contributed by atoms with Gasteiger partial charge in [-0.1, -0.05) is 50.2 Å². The fraction of sp³-hybridized carbons (Fsp3) is 0.533. The molecule has 0 spiro atoms. The van der Waals surface area contributed by atoms with E-state index < -0.39 is 12.1 Å². The van der Waals surface area contributed by atoms with Crippen LogP contribution in [0.2, 0.25) is 0 Å². The van der Waals surface area contributed by atoms with Crippen molar-refractivity contribution in [1.82, 2.24) is 15.5 Å². The summed E-state index contributed by atoms with van der Waals surface area (Å²) in [5.74, 6) is -0.373. The van der Waals surface area contributed by atoms with E-state index in [-0.39, 0.29) is 17.9 Å². The van der Waals surface area contributed by atoms with Crippen LogP contribution in [0.5, 0.6) is 0 Å². The van der Waals surface area contributed by atoms with Gasteiger partial charge in [0.2, 0.25) is 0 Å². The van der Waals surface area contributed by atoms with Gasteiger partial charge in [-0.05, 0) is 69.8 Å². The van der Waals surface area contributed by atoms with Crippen LogP contribution in [0.3, 0.4) is 0 Å². The highest BCUT2D eigenvalue weighted by atomic mass is 16.5. The fourth-order valence-corrected chi connectivity index (χ4v) is 4.14. The molecule has 0 fully saturated rings. The van der Waals surface area contributed by atoms with Crippen molar-refractivity contribution in [2.45, 2.75) is 71.6 Å². The molecular formula is C30H45N3O4. The molecule has 0 aromatic heterocycles. The predicted molar refractivity (Wildman–Crippen MR) is 149 cm³/mol.